The average molecular weight is 256 g/mol. The molecule has 2 aromatic rings. The van der Waals surface area contributed by atoms with Crippen molar-refractivity contribution in [2.24, 2.45) is 0 Å². The van der Waals surface area contributed by atoms with E-state index in [1.54, 1.807) is 12.1 Å². The molecule has 1 aromatic heterocycles. The van der Waals surface area contributed by atoms with Gasteiger partial charge in [-0.05, 0) is 36.2 Å². The number of hydrogen-bond donors (Lipinski definition) is 2. The molecule has 1 aromatic carbocycles. The number of rotatable bonds is 5. The third kappa shape index (κ3) is 3.48. The second-order valence-electron chi connectivity index (χ2n) is 4.09. The number of anilines is 1. The van der Waals surface area contributed by atoms with Gasteiger partial charge < -0.3 is 15.1 Å². The molecule has 4 heteroatoms. The number of hydrogen-bond acceptors (Lipinski definition) is 3. The van der Waals surface area contributed by atoms with E-state index in [-0.39, 0.29) is 11.7 Å². The first-order chi connectivity index (χ1) is 9.19. The van der Waals surface area contributed by atoms with Gasteiger partial charge in [-0.3, -0.25) is 4.79 Å². The van der Waals surface area contributed by atoms with Crippen LogP contribution in [0.2, 0.25) is 0 Å². The monoisotopic (exact) mass is 256 g/mol. The van der Waals surface area contributed by atoms with Gasteiger partial charge in [-0.1, -0.05) is 25.6 Å². The number of furan rings is 1. The Kier molecular flexibility index (Phi) is 4.03. The normalized spacial score (nSPS) is 9.95. The van der Waals surface area contributed by atoms with Crippen molar-refractivity contribution in [3.8, 4) is 0 Å². The summed E-state index contributed by atoms with van der Waals surface area (Å²) < 4.78 is 5.00. The topological polar surface area (TPSA) is 54.3 Å². The van der Waals surface area contributed by atoms with Crippen LogP contribution >= 0.6 is 0 Å². The van der Waals surface area contributed by atoms with Gasteiger partial charge in [-0.15, -0.1) is 0 Å². The summed E-state index contributed by atoms with van der Waals surface area (Å²) in [5.41, 5.74) is 2.14. The van der Waals surface area contributed by atoms with Gasteiger partial charge in [0, 0.05) is 5.69 Å². The molecule has 0 saturated carbocycles. The highest BCUT2D eigenvalue weighted by Crippen LogP contribution is 2.11. The van der Waals surface area contributed by atoms with Crippen molar-refractivity contribution in [1.29, 1.82) is 0 Å². The molecule has 1 heterocycles. The second-order valence-corrected chi connectivity index (χ2v) is 4.09. The zero-order valence-corrected chi connectivity index (χ0v) is 10.8. The lowest BCUT2D eigenvalue weighted by molar-refractivity contribution is 0.0939. The molecule has 0 radical (unpaired) electrons. The summed E-state index contributed by atoms with van der Waals surface area (Å²) in [5.74, 6) is 0.336. The number of carbonyl (C=O) groups is 1. The Morgan fingerprint density at radius 2 is 2.00 bits per heavy atom. The van der Waals surface area contributed by atoms with Crippen molar-refractivity contribution in [2.75, 3.05) is 5.32 Å². The van der Waals surface area contributed by atoms with Crippen molar-refractivity contribution in [2.45, 2.75) is 13.3 Å². The second kappa shape index (κ2) is 5.91. The molecule has 0 aliphatic carbocycles. The Morgan fingerprint density at radius 3 is 2.58 bits per heavy atom. The third-order valence-electron chi connectivity index (χ3n) is 2.67. The van der Waals surface area contributed by atoms with Gasteiger partial charge in [0.2, 0.25) is 0 Å². The van der Waals surface area contributed by atoms with Crippen LogP contribution in [0.1, 0.15) is 23.0 Å². The minimum Gasteiger partial charge on any atom is -0.459 e. The predicted molar refractivity (Wildman–Crippen MR) is 74.8 cm³/mol. The van der Waals surface area contributed by atoms with Gasteiger partial charge in [0.25, 0.3) is 5.91 Å². The van der Waals surface area contributed by atoms with Gasteiger partial charge in [0.1, 0.15) is 5.82 Å². The van der Waals surface area contributed by atoms with Crippen LogP contribution in [0.25, 0.3) is 0 Å². The molecule has 0 aliphatic heterocycles. The molecular weight excluding hydrogens is 240 g/mol. The Balaban J connectivity index is 1.92. The van der Waals surface area contributed by atoms with E-state index in [2.05, 4.69) is 24.1 Å². The van der Waals surface area contributed by atoms with Gasteiger partial charge >= 0.3 is 0 Å². The van der Waals surface area contributed by atoms with Crippen LogP contribution in [0.3, 0.4) is 0 Å². The molecule has 1 amide bonds. The van der Waals surface area contributed by atoms with Gasteiger partial charge in [-0.2, -0.15) is 0 Å². The number of carbonyl (C=O) groups excluding carboxylic acids is 1. The lowest BCUT2D eigenvalue weighted by atomic mass is 10.1. The van der Waals surface area contributed by atoms with E-state index < -0.39 is 0 Å². The SMILES string of the molecule is C=C(NC(=O)c1ccco1)Nc1ccc(CC)cc1. The van der Waals surface area contributed by atoms with E-state index in [0.29, 0.717) is 5.82 Å². The van der Waals surface area contributed by atoms with Gasteiger partial charge in [0.15, 0.2) is 5.76 Å². The zero-order valence-electron chi connectivity index (χ0n) is 10.8. The number of nitrogens with one attached hydrogen (secondary N) is 2. The first-order valence-electron chi connectivity index (χ1n) is 6.08. The molecule has 19 heavy (non-hydrogen) atoms. The Bertz CT molecular complexity index is 556. The Morgan fingerprint density at radius 1 is 1.26 bits per heavy atom. The first-order valence-corrected chi connectivity index (χ1v) is 6.08. The summed E-state index contributed by atoms with van der Waals surface area (Å²) >= 11 is 0. The van der Waals surface area contributed by atoms with E-state index in [1.165, 1.54) is 11.8 Å². The molecule has 0 aliphatic rings. The molecular formula is C15H16N2O2. The molecule has 2 N–H and O–H groups in total. The van der Waals surface area contributed by atoms with E-state index >= 15 is 0 Å². The summed E-state index contributed by atoms with van der Waals surface area (Å²) in [5, 5.41) is 5.64. The summed E-state index contributed by atoms with van der Waals surface area (Å²) in [6.45, 7) is 5.86. The largest absolute Gasteiger partial charge is 0.459 e. The van der Waals surface area contributed by atoms with E-state index in [4.69, 9.17) is 4.42 Å². The van der Waals surface area contributed by atoms with Crippen LogP contribution in [0.4, 0.5) is 5.69 Å². The highest BCUT2D eigenvalue weighted by Gasteiger charge is 2.08. The van der Waals surface area contributed by atoms with Gasteiger partial charge in [0.05, 0.1) is 6.26 Å². The van der Waals surface area contributed by atoms with Crippen LogP contribution in [0, 0.1) is 0 Å². The molecule has 2 rings (SSSR count). The number of amides is 1. The predicted octanol–water partition coefficient (Wildman–Crippen LogP) is 3.16. The van der Waals surface area contributed by atoms with E-state index in [0.717, 1.165) is 12.1 Å². The summed E-state index contributed by atoms with van der Waals surface area (Å²) in [4.78, 5) is 11.7. The fraction of sp³-hybridized carbons (Fsp3) is 0.133. The minimum absolute atomic E-state index is 0.254. The van der Waals surface area contributed by atoms with Crippen molar-refractivity contribution in [3.05, 3.63) is 66.4 Å². The minimum atomic E-state index is -0.326. The van der Waals surface area contributed by atoms with Crippen LogP contribution in [0.15, 0.2) is 59.5 Å². The summed E-state index contributed by atoms with van der Waals surface area (Å²) in [6, 6.07) is 11.2. The van der Waals surface area contributed by atoms with Crippen molar-refractivity contribution >= 4 is 11.6 Å². The molecule has 0 unspecified atom stereocenters. The molecule has 0 spiro atoms. The maximum Gasteiger partial charge on any atom is 0.292 e. The fourth-order valence-corrected chi connectivity index (χ4v) is 1.64. The van der Waals surface area contributed by atoms with Crippen molar-refractivity contribution < 1.29 is 9.21 Å². The lowest BCUT2D eigenvalue weighted by Gasteiger charge is -2.10. The summed E-state index contributed by atoms with van der Waals surface area (Å²) in [7, 11) is 0. The van der Waals surface area contributed by atoms with Crippen LogP contribution in [-0.2, 0) is 6.42 Å². The smallest absolute Gasteiger partial charge is 0.292 e. The maximum atomic E-state index is 11.7. The quantitative estimate of drug-likeness (QED) is 0.864. The zero-order chi connectivity index (χ0) is 13.7. The standard InChI is InChI=1S/C15H16N2O2/c1-3-12-6-8-13(9-7-12)16-11(2)17-15(18)14-5-4-10-19-14/h4-10,16H,2-3H2,1H3,(H,17,18). The average Bonchev–Trinajstić information content (AvgIpc) is 2.93. The van der Waals surface area contributed by atoms with Crippen LogP contribution in [0.5, 0.6) is 0 Å². The number of benzene rings is 1. The number of aryl methyl sites for hydroxylation is 1. The summed E-state index contributed by atoms with van der Waals surface area (Å²) in [6.07, 6.45) is 2.45. The molecule has 0 atom stereocenters. The van der Waals surface area contributed by atoms with Crippen molar-refractivity contribution in [3.63, 3.8) is 0 Å². The first kappa shape index (κ1) is 13.0. The van der Waals surface area contributed by atoms with Gasteiger partial charge in [-0.25, -0.2) is 0 Å². The Hall–Kier alpha value is -2.49. The van der Waals surface area contributed by atoms with Crippen LogP contribution < -0.4 is 10.6 Å². The lowest BCUT2D eigenvalue weighted by Crippen LogP contribution is -2.25. The van der Waals surface area contributed by atoms with Crippen LogP contribution in [-0.4, -0.2) is 5.91 Å². The van der Waals surface area contributed by atoms with Crippen molar-refractivity contribution in [1.82, 2.24) is 5.32 Å². The fourth-order valence-electron chi connectivity index (χ4n) is 1.64. The molecule has 0 bridgehead atoms. The molecule has 0 fully saturated rings. The molecule has 0 saturated heterocycles. The maximum absolute atomic E-state index is 11.7. The highest BCUT2D eigenvalue weighted by atomic mass is 16.3. The highest BCUT2D eigenvalue weighted by molar-refractivity contribution is 5.92. The Labute approximate surface area is 112 Å². The van der Waals surface area contributed by atoms with E-state index in [1.807, 2.05) is 24.3 Å². The molecule has 4 nitrogen and oxygen atoms in total. The third-order valence-corrected chi connectivity index (χ3v) is 2.67. The molecule has 98 valence electrons. The van der Waals surface area contributed by atoms with E-state index in [9.17, 15) is 4.79 Å².